The Bertz CT molecular complexity index is 371. The highest BCUT2D eigenvalue weighted by molar-refractivity contribution is 8.00. The molecule has 1 aromatic rings. The van der Waals surface area contributed by atoms with Crippen molar-refractivity contribution in [3.63, 3.8) is 0 Å². The first-order valence-corrected chi connectivity index (χ1v) is 5.86. The van der Waals surface area contributed by atoms with Crippen LogP contribution in [0.5, 0.6) is 0 Å². The third-order valence-electron chi connectivity index (χ3n) is 2.10. The maximum absolute atomic E-state index is 10.7. The number of nitrogens with zero attached hydrogens (tertiary/aromatic N) is 2. The summed E-state index contributed by atoms with van der Waals surface area (Å²) in [7, 11) is 0. The van der Waals surface area contributed by atoms with Crippen LogP contribution in [0.1, 0.15) is 0 Å². The van der Waals surface area contributed by atoms with Gasteiger partial charge in [0.25, 0.3) is 0 Å². The Morgan fingerprint density at radius 3 is 3.20 bits per heavy atom. The fraction of sp³-hybridized carbons (Fsp3) is 0.500. The highest BCUT2D eigenvalue weighted by Gasteiger charge is 2.29. The van der Waals surface area contributed by atoms with E-state index in [0.29, 0.717) is 17.3 Å². The van der Waals surface area contributed by atoms with E-state index in [-0.39, 0.29) is 5.37 Å². The highest BCUT2D eigenvalue weighted by atomic mass is 35.5. The molecule has 1 aromatic heterocycles. The number of hydrogen-bond acceptors (Lipinski definition) is 4. The summed E-state index contributed by atoms with van der Waals surface area (Å²) < 4.78 is 1.71. The zero-order valence-corrected chi connectivity index (χ0v) is 9.33. The molecule has 2 heterocycles. The molecule has 0 bridgehead atoms. The maximum Gasteiger partial charge on any atom is 0.321 e. The van der Waals surface area contributed by atoms with E-state index in [4.69, 9.17) is 16.7 Å². The molecule has 1 aliphatic rings. The van der Waals surface area contributed by atoms with Crippen LogP contribution < -0.4 is 5.32 Å². The van der Waals surface area contributed by atoms with E-state index in [9.17, 15) is 4.79 Å². The van der Waals surface area contributed by atoms with E-state index in [1.54, 1.807) is 28.8 Å². The Labute approximate surface area is 95.8 Å². The van der Waals surface area contributed by atoms with Gasteiger partial charge in [0.2, 0.25) is 0 Å². The molecule has 5 nitrogen and oxygen atoms in total. The van der Waals surface area contributed by atoms with E-state index in [2.05, 4.69) is 10.4 Å². The van der Waals surface area contributed by atoms with E-state index in [1.807, 2.05) is 0 Å². The normalized spacial score (nSPS) is 25.7. The number of nitrogens with one attached hydrogen (secondary N) is 1. The van der Waals surface area contributed by atoms with Gasteiger partial charge in [0.1, 0.15) is 6.04 Å². The predicted octanol–water partition coefficient (Wildman–Crippen LogP) is 0.652. The number of carboxylic acids is 1. The van der Waals surface area contributed by atoms with Crippen molar-refractivity contribution in [1.29, 1.82) is 0 Å². The first kappa shape index (κ1) is 10.8. The number of carboxylic acid groups (broad SMARTS) is 1. The van der Waals surface area contributed by atoms with Gasteiger partial charge in [-0.25, -0.2) is 0 Å². The second kappa shape index (κ2) is 4.42. The fourth-order valence-corrected chi connectivity index (χ4v) is 2.73. The minimum atomic E-state index is -0.802. The lowest BCUT2D eigenvalue weighted by atomic mass is 10.3. The summed E-state index contributed by atoms with van der Waals surface area (Å²) >= 11 is 7.31. The SMILES string of the molecule is O=C(O)C1CSC(Cn2cc(Cl)cn2)N1. The standard InChI is InChI=1S/C8H10ClN3O2S/c9-5-1-10-12(2-5)3-7-11-6(4-15-7)8(13)14/h1-2,6-7,11H,3-4H2,(H,13,14). The molecule has 0 aromatic carbocycles. The third kappa shape index (κ3) is 2.64. The molecule has 1 aliphatic heterocycles. The summed E-state index contributed by atoms with van der Waals surface area (Å²) in [5, 5.41) is 16.5. The van der Waals surface area contributed by atoms with Gasteiger partial charge in [-0.1, -0.05) is 11.6 Å². The van der Waals surface area contributed by atoms with E-state index in [1.165, 1.54) is 0 Å². The number of rotatable bonds is 3. The molecule has 1 saturated heterocycles. The number of thioether (sulfide) groups is 1. The van der Waals surface area contributed by atoms with Crippen LogP contribution in [-0.4, -0.2) is 38.0 Å². The lowest BCUT2D eigenvalue weighted by Crippen LogP contribution is -2.38. The number of aliphatic carboxylic acids is 1. The van der Waals surface area contributed by atoms with Gasteiger partial charge in [-0.05, 0) is 0 Å². The van der Waals surface area contributed by atoms with Gasteiger partial charge in [-0.3, -0.25) is 14.8 Å². The minimum Gasteiger partial charge on any atom is -0.480 e. The van der Waals surface area contributed by atoms with Crippen molar-refractivity contribution in [2.24, 2.45) is 0 Å². The average Bonchev–Trinajstić information content (AvgIpc) is 2.76. The summed E-state index contributed by atoms with van der Waals surface area (Å²) in [5.41, 5.74) is 0. The van der Waals surface area contributed by atoms with Crippen LogP contribution in [0.15, 0.2) is 12.4 Å². The largest absolute Gasteiger partial charge is 0.480 e. The van der Waals surface area contributed by atoms with Crippen LogP contribution in [0.25, 0.3) is 0 Å². The zero-order valence-electron chi connectivity index (χ0n) is 7.76. The molecule has 0 aliphatic carbocycles. The Morgan fingerprint density at radius 1 is 1.87 bits per heavy atom. The van der Waals surface area contributed by atoms with Crippen molar-refractivity contribution < 1.29 is 9.90 Å². The highest BCUT2D eigenvalue weighted by Crippen LogP contribution is 2.20. The maximum atomic E-state index is 10.7. The molecule has 2 rings (SSSR count). The zero-order chi connectivity index (χ0) is 10.8. The Hall–Kier alpha value is -0.720. The van der Waals surface area contributed by atoms with E-state index >= 15 is 0 Å². The van der Waals surface area contributed by atoms with Crippen molar-refractivity contribution in [3.8, 4) is 0 Å². The molecule has 2 N–H and O–H groups in total. The molecule has 2 unspecified atom stereocenters. The quantitative estimate of drug-likeness (QED) is 0.821. The lowest BCUT2D eigenvalue weighted by molar-refractivity contribution is -0.138. The lowest BCUT2D eigenvalue weighted by Gasteiger charge is -2.10. The van der Waals surface area contributed by atoms with Crippen LogP contribution in [0.3, 0.4) is 0 Å². The van der Waals surface area contributed by atoms with Crippen LogP contribution in [0.4, 0.5) is 0 Å². The van der Waals surface area contributed by atoms with E-state index < -0.39 is 12.0 Å². The Balaban J connectivity index is 1.90. The Morgan fingerprint density at radius 2 is 2.67 bits per heavy atom. The van der Waals surface area contributed by atoms with Crippen LogP contribution >= 0.6 is 23.4 Å². The van der Waals surface area contributed by atoms with Crippen LogP contribution in [-0.2, 0) is 11.3 Å². The van der Waals surface area contributed by atoms with Crippen molar-refractivity contribution in [3.05, 3.63) is 17.4 Å². The van der Waals surface area contributed by atoms with Gasteiger partial charge < -0.3 is 5.11 Å². The molecule has 2 atom stereocenters. The van der Waals surface area contributed by atoms with Crippen LogP contribution in [0.2, 0.25) is 5.02 Å². The summed E-state index contributed by atoms with van der Waals surface area (Å²) in [6.45, 7) is 0.626. The topological polar surface area (TPSA) is 67.1 Å². The van der Waals surface area contributed by atoms with Gasteiger partial charge in [0.05, 0.1) is 23.1 Å². The second-order valence-electron chi connectivity index (χ2n) is 3.26. The number of aromatic nitrogens is 2. The number of carbonyl (C=O) groups is 1. The molecule has 7 heteroatoms. The van der Waals surface area contributed by atoms with Gasteiger partial charge in [-0.15, -0.1) is 11.8 Å². The molecular formula is C8H10ClN3O2S. The Kier molecular flexibility index (Phi) is 3.18. The minimum absolute atomic E-state index is 0.0852. The molecule has 0 spiro atoms. The summed E-state index contributed by atoms with van der Waals surface area (Å²) in [6.07, 6.45) is 3.29. The molecular weight excluding hydrogens is 238 g/mol. The van der Waals surface area contributed by atoms with Crippen molar-refractivity contribution in [1.82, 2.24) is 15.1 Å². The third-order valence-corrected chi connectivity index (χ3v) is 3.51. The van der Waals surface area contributed by atoms with Gasteiger partial charge in [0.15, 0.2) is 0 Å². The number of halogens is 1. The summed E-state index contributed by atoms with van der Waals surface area (Å²) in [4.78, 5) is 10.7. The first-order chi connectivity index (χ1) is 7.15. The predicted molar refractivity (Wildman–Crippen MR) is 58.0 cm³/mol. The average molecular weight is 248 g/mol. The molecule has 0 saturated carbocycles. The van der Waals surface area contributed by atoms with Crippen LogP contribution in [0, 0.1) is 0 Å². The smallest absolute Gasteiger partial charge is 0.321 e. The fourth-order valence-electron chi connectivity index (χ4n) is 1.39. The first-order valence-electron chi connectivity index (χ1n) is 4.43. The van der Waals surface area contributed by atoms with Crippen molar-refractivity contribution in [2.45, 2.75) is 18.0 Å². The summed E-state index contributed by atoms with van der Waals surface area (Å²) in [6, 6.07) is -0.453. The van der Waals surface area contributed by atoms with Gasteiger partial charge in [0, 0.05) is 11.9 Å². The summed E-state index contributed by atoms with van der Waals surface area (Å²) in [5.74, 6) is -0.210. The molecule has 82 valence electrons. The van der Waals surface area contributed by atoms with Gasteiger partial charge in [-0.2, -0.15) is 5.10 Å². The van der Waals surface area contributed by atoms with Gasteiger partial charge >= 0.3 is 5.97 Å². The van der Waals surface area contributed by atoms with Crippen molar-refractivity contribution >= 4 is 29.3 Å². The molecule has 0 radical (unpaired) electrons. The molecule has 15 heavy (non-hydrogen) atoms. The van der Waals surface area contributed by atoms with E-state index in [0.717, 1.165) is 0 Å². The number of hydrogen-bond donors (Lipinski definition) is 2. The van der Waals surface area contributed by atoms with Crippen molar-refractivity contribution in [2.75, 3.05) is 5.75 Å². The monoisotopic (exact) mass is 247 g/mol. The molecule has 0 amide bonds. The second-order valence-corrected chi connectivity index (χ2v) is 4.93. The molecule has 1 fully saturated rings.